The van der Waals surface area contributed by atoms with Crippen LogP contribution in [-0.4, -0.2) is 49.7 Å². The first-order chi connectivity index (χ1) is 9.83. The molecule has 0 amide bonds. The quantitative estimate of drug-likeness (QED) is 0.810. The van der Waals surface area contributed by atoms with Gasteiger partial charge in [0.15, 0.2) is 0 Å². The van der Waals surface area contributed by atoms with E-state index in [1.165, 1.54) is 32.8 Å². The zero-order chi connectivity index (χ0) is 15.7. The van der Waals surface area contributed by atoms with E-state index >= 15 is 0 Å². The summed E-state index contributed by atoms with van der Waals surface area (Å²) in [7, 11) is 5.61. The van der Waals surface area contributed by atoms with Gasteiger partial charge in [-0.2, -0.15) is 0 Å². The highest BCUT2D eigenvalue weighted by Crippen LogP contribution is 2.40. The highest BCUT2D eigenvalue weighted by atomic mass is 16.5. The molecule has 0 heterocycles. The number of likely N-dealkylation sites (N-methyl/N-ethyl adjacent to an activating group) is 1. The van der Waals surface area contributed by atoms with E-state index < -0.39 is 5.54 Å². The van der Waals surface area contributed by atoms with Gasteiger partial charge < -0.3 is 15.0 Å². The molecule has 21 heavy (non-hydrogen) atoms. The number of carbonyl (C=O) groups excluding carboxylic acids is 1. The minimum atomic E-state index is -0.471. The number of nitrogens with zero attached hydrogens (tertiary/aromatic N) is 1. The molecular weight excluding hydrogens is 264 g/mol. The molecule has 0 aliphatic heterocycles. The molecule has 0 radical (unpaired) electrons. The lowest BCUT2D eigenvalue weighted by Gasteiger charge is -2.41. The first-order valence-electron chi connectivity index (χ1n) is 8.33. The Hall–Kier alpha value is -0.610. The minimum absolute atomic E-state index is 0.106. The van der Waals surface area contributed by atoms with Crippen molar-refractivity contribution in [3.05, 3.63) is 0 Å². The van der Waals surface area contributed by atoms with Gasteiger partial charge >= 0.3 is 5.97 Å². The Labute approximate surface area is 129 Å². The fraction of sp³-hybridized carbons (Fsp3) is 0.941. The number of methoxy groups -OCH3 is 1. The number of hydrogen-bond donors (Lipinski definition) is 1. The van der Waals surface area contributed by atoms with Crippen molar-refractivity contribution in [1.29, 1.82) is 0 Å². The summed E-state index contributed by atoms with van der Waals surface area (Å²) in [6.45, 7) is 4.75. The van der Waals surface area contributed by atoms with Crippen LogP contribution in [0.3, 0.4) is 0 Å². The van der Waals surface area contributed by atoms with Gasteiger partial charge in [-0.15, -0.1) is 0 Å². The maximum absolute atomic E-state index is 12.1. The number of carbonyl (C=O) groups is 1. The highest BCUT2D eigenvalue weighted by Gasteiger charge is 2.47. The van der Waals surface area contributed by atoms with E-state index in [0.29, 0.717) is 17.5 Å². The van der Waals surface area contributed by atoms with Crippen LogP contribution in [0.1, 0.15) is 58.8 Å². The molecule has 0 aromatic heterocycles. The van der Waals surface area contributed by atoms with Crippen LogP contribution in [0.2, 0.25) is 0 Å². The first-order valence-corrected chi connectivity index (χ1v) is 8.33. The minimum Gasteiger partial charge on any atom is -0.468 e. The van der Waals surface area contributed by atoms with Crippen LogP contribution < -0.4 is 5.32 Å². The fourth-order valence-electron chi connectivity index (χ4n) is 4.17. The summed E-state index contributed by atoms with van der Waals surface area (Å²) in [4.78, 5) is 14.6. The number of esters is 1. The molecule has 2 aliphatic carbocycles. The maximum Gasteiger partial charge on any atom is 0.326 e. The van der Waals surface area contributed by atoms with Crippen molar-refractivity contribution in [3.63, 3.8) is 0 Å². The molecule has 2 fully saturated rings. The van der Waals surface area contributed by atoms with Crippen LogP contribution in [0, 0.1) is 5.41 Å². The second-order valence-corrected chi connectivity index (χ2v) is 7.78. The molecular formula is C17H32N2O2. The monoisotopic (exact) mass is 296 g/mol. The van der Waals surface area contributed by atoms with Crippen LogP contribution in [0.5, 0.6) is 0 Å². The molecule has 0 bridgehead atoms. The van der Waals surface area contributed by atoms with Crippen molar-refractivity contribution in [1.82, 2.24) is 10.2 Å². The molecule has 2 rings (SSSR count). The van der Waals surface area contributed by atoms with E-state index in [4.69, 9.17) is 4.74 Å². The molecule has 122 valence electrons. The Balaban J connectivity index is 1.96. The summed E-state index contributed by atoms with van der Waals surface area (Å²) in [5.41, 5.74) is 0.0371. The first kappa shape index (κ1) is 16.8. The van der Waals surface area contributed by atoms with Gasteiger partial charge in [0.25, 0.3) is 0 Å². The lowest BCUT2D eigenvalue weighted by Crippen LogP contribution is -2.51. The van der Waals surface area contributed by atoms with Crippen molar-refractivity contribution in [2.24, 2.45) is 5.41 Å². The molecule has 2 unspecified atom stereocenters. The predicted octanol–water partition coefficient (Wildman–Crippen LogP) is 2.57. The number of rotatable bonds is 4. The smallest absolute Gasteiger partial charge is 0.326 e. The summed E-state index contributed by atoms with van der Waals surface area (Å²) in [5, 5.41) is 3.23. The molecule has 2 aliphatic rings. The molecule has 0 spiro atoms. The van der Waals surface area contributed by atoms with Gasteiger partial charge in [0.2, 0.25) is 0 Å². The van der Waals surface area contributed by atoms with Crippen LogP contribution in [-0.2, 0) is 9.53 Å². The zero-order valence-corrected chi connectivity index (χ0v) is 14.4. The van der Waals surface area contributed by atoms with Gasteiger partial charge in [-0.3, -0.25) is 4.79 Å². The number of nitrogens with one attached hydrogen (secondary N) is 1. The lowest BCUT2D eigenvalue weighted by molar-refractivity contribution is -0.148. The summed E-state index contributed by atoms with van der Waals surface area (Å²) >= 11 is 0. The average Bonchev–Trinajstić information content (AvgIpc) is 2.91. The molecule has 0 aromatic carbocycles. The van der Waals surface area contributed by atoms with Crippen LogP contribution in [0.25, 0.3) is 0 Å². The fourth-order valence-corrected chi connectivity index (χ4v) is 4.17. The Kier molecular flexibility index (Phi) is 4.99. The molecule has 0 saturated heterocycles. The standard InChI is InChI=1S/C17H32N2O2/c1-16(2)9-6-13(7-10-16)19(4)14-8-11-17(12-14,18-3)15(20)21-5/h13-14,18H,6-12H2,1-5H3. The van der Waals surface area contributed by atoms with E-state index in [1.807, 2.05) is 7.05 Å². The van der Waals surface area contributed by atoms with E-state index in [9.17, 15) is 4.79 Å². The lowest BCUT2D eigenvalue weighted by atomic mass is 9.75. The molecule has 4 nitrogen and oxygen atoms in total. The zero-order valence-electron chi connectivity index (χ0n) is 14.4. The normalized spacial score (nSPS) is 33.3. The Morgan fingerprint density at radius 2 is 1.71 bits per heavy atom. The van der Waals surface area contributed by atoms with Crippen molar-refractivity contribution < 1.29 is 9.53 Å². The molecule has 2 saturated carbocycles. The van der Waals surface area contributed by atoms with Gasteiger partial charge in [0.05, 0.1) is 7.11 Å². The van der Waals surface area contributed by atoms with Gasteiger partial charge in [0.1, 0.15) is 5.54 Å². The topological polar surface area (TPSA) is 41.6 Å². The van der Waals surface area contributed by atoms with Gasteiger partial charge in [-0.05, 0) is 64.5 Å². The summed E-state index contributed by atoms with van der Waals surface area (Å²) in [6.07, 6.45) is 8.00. The van der Waals surface area contributed by atoms with Crippen LogP contribution >= 0.6 is 0 Å². The number of hydrogen-bond acceptors (Lipinski definition) is 4. The van der Waals surface area contributed by atoms with E-state index in [-0.39, 0.29) is 5.97 Å². The highest BCUT2D eigenvalue weighted by molar-refractivity contribution is 5.81. The van der Waals surface area contributed by atoms with Crippen LogP contribution in [0.4, 0.5) is 0 Å². The van der Waals surface area contributed by atoms with Crippen molar-refractivity contribution in [3.8, 4) is 0 Å². The van der Waals surface area contributed by atoms with Gasteiger partial charge in [-0.25, -0.2) is 0 Å². The SMILES string of the molecule is CNC1(C(=O)OC)CCC(N(C)C2CCC(C)(C)CC2)C1. The maximum atomic E-state index is 12.1. The van der Waals surface area contributed by atoms with Gasteiger partial charge in [0, 0.05) is 12.1 Å². The third-order valence-corrected chi connectivity index (χ3v) is 6.00. The van der Waals surface area contributed by atoms with Gasteiger partial charge in [-0.1, -0.05) is 13.8 Å². The Bertz CT molecular complexity index is 373. The molecule has 2 atom stereocenters. The van der Waals surface area contributed by atoms with Crippen molar-refractivity contribution in [2.75, 3.05) is 21.2 Å². The van der Waals surface area contributed by atoms with E-state index in [0.717, 1.165) is 19.3 Å². The van der Waals surface area contributed by atoms with E-state index in [1.54, 1.807) is 0 Å². The summed E-state index contributed by atoms with van der Waals surface area (Å²) in [5.74, 6) is -0.106. The van der Waals surface area contributed by atoms with Crippen molar-refractivity contribution >= 4 is 5.97 Å². The Morgan fingerprint density at radius 3 is 2.24 bits per heavy atom. The third kappa shape index (κ3) is 3.42. The average molecular weight is 296 g/mol. The molecule has 0 aromatic rings. The van der Waals surface area contributed by atoms with E-state index in [2.05, 4.69) is 31.1 Å². The summed E-state index contributed by atoms with van der Waals surface area (Å²) in [6, 6.07) is 1.16. The largest absolute Gasteiger partial charge is 0.468 e. The number of ether oxygens (including phenoxy) is 1. The van der Waals surface area contributed by atoms with Crippen molar-refractivity contribution in [2.45, 2.75) is 76.4 Å². The second kappa shape index (κ2) is 6.25. The predicted molar refractivity (Wildman–Crippen MR) is 85.2 cm³/mol. The molecule has 1 N–H and O–H groups in total. The molecule has 4 heteroatoms. The summed E-state index contributed by atoms with van der Waals surface area (Å²) < 4.78 is 5.01. The second-order valence-electron chi connectivity index (χ2n) is 7.78. The Morgan fingerprint density at radius 1 is 1.14 bits per heavy atom. The third-order valence-electron chi connectivity index (χ3n) is 6.00. The van der Waals surface area contributed by atoms with Crippen LogP contribution in [0.15, 0.2) is 0 Å².